The molecule has 0 aliphatic carbocycles. The Kier molecular flexibility index (Phi) is 6.46. The Morgan fingerprint density at radius 1 is 0.724 bits per heavy atom. The molecule has 4 nitrogen and oxygen atoms in total. The third-order valence-corrected chi connectivity index (χ3v) is 6.78. The van der Waals surface area contributed by atoms with Gasteiger partial charge in [-0.05, 0) is 74.6 Å². The van der Waals surface area contributed by atoms with E-state index in [9.17, 15) is 4.57 Å². The zero-order valence-electron chi connectivity index (χ0n) is 17.6. The minimum Gasteiger partial charge on any atom is -0.404 e. The molecule has 0 heterocycles. The maximum absolute atomic E-state index is 13.9. The van der Waals surface area contributed by atoms with E-state index < -0.39 is 7.75 Å². The summed E-state index contributed by atoms with van der Waals surface area (Å²) >= 11 is 0. The summed E-state index contributed by atoms with van der Waals surface area (Å²) in [6.07, 6.45) is 0. The average Bonchev–Trinajstić information content (AvgIpc) is 2.70. The van der Waals surface area contributed by atoms with Gasteiger partial charge >= 0.3 is 7.75 Å². The van der Waals surface area contributed by atoms with Gasteiger partial charge in [-0.25, -0.2) is 4.57 Å². The topological polar surface area (TPSA) is 47.6 Å². The second-order valence-corrected chi connectivity index (χ2v) is 8.96. The summed E-state index contributed by atoms with van der Waals surface area (Å²) < 4.78 is 26.0. The van der Waals surface area contributed by atoms with Gasteiger partial charge in [0.1, 0.15) is 11.5 Å². The number of rotatable bonds is 7. The summed E-state index contributed by atoms with van der Waals surface area (Å²) in [5, 5.41) is 3.11. The Labute approximate surface area is 173 Å². The van der Waals surface area contributed by atoms with Crippen LogP contribution in [0.25, 0.3) is 0 Å². The van der Waals surface area contributed by atoms with Crippen molar-refractivity contribution in [1.29, 1.82) is 0 Å². The summed E-state index contributed by atoms with van der Waals surface area (Å²) in [6.45, 7) is 9.85. The second-order valence-electron chi connectivity index (χ2n) is 7.34. The van der Waals surface area contributed by atoms with E-state index >= 15 is 0 Å². The maximum Gasteiger partial charge on any atom is 0.513 e. The summed E-state index contributed by atoms with van der Waals surface area (Å²) in [4.78, 5) is 0. The monoisotopic (exact) mass is 409 g/mol. The number of hydrogen-bond donors (Lipinski definition) is 1. The van der Waals surface area contributed by atoms with E-state index in [4.69, 9.17) is 9.05 Å². The van der Waals surface area contributed by atoms with Crippen LogP contribution in [0.1, 0.15) is 40.8 Å². The zero-order valence-corrected chi connectivity index (χ0v) is 18.5. The molecule has 0 aliphatic rings. The molecule has 0 saturated heterocycles. The molecule has 0 aliphatic heterocycles. The van der Waals surface area contributed by atoms with Gasteiger partial charge < -0.3 is 9.05 Å². The van der Waals surface area contributed by atoms with Crippen LogP contribution in [0.5, 0.6) is 11.5 Å². The highest BCUT2D eigenvalue weighted by Crippen LogP contribution is 2.48. The Bertz CT molecular complexity index is 976. The first-order valence-electron chi connectivity index (χ1n) is 9.73. The molecule has 0 saturated carbocycles. The van der Waals surface area contributed by atoms with Crippen molar-refractivity contribution in [2.24, 2.45) is 0 Å². The van der Waals surface area contributed by atoms with Crippen LogP contribution in [0.3, 0.4) is 0 Å². The molecule has 152 valence electrons. The minimum atomic E-state index is -3.73. The summed E-state index contributed by atoms with van der Waals surface area (Å²) in [6, 6.07) is 21.0. The molecule has 3 rings (SSSR count). The van der Waals surface area contributed by atoms with Crippen LogP contribution in [-0.4, -0.2) is 0 Å². The van der Waals surface area contributed by atoms with Gasteiger partial charge in [-0.2, -0.15) is 5.09 Å². The molecule has 3 aromatic rings. The van der Waals surface area contributed by atoms with E-state index in [-0.39, 0.29) is 6.04 Å². The van der Waals surface area contributed by atoms with Crippen molar-refractivity contribution in [2.45, 2.75) is 40.7 Å². The molecule has 3 aromatic carbocycles. The van der Waals surface area contributed by atoms with Crippen LogP contribution >= 0.6 is 7.75 Å². The molecule has 1 unspecified atom stereocenters. The highest BCUT2D eigenvalue weighted by atomic mass is 31.2. The first kappa shape index (κ1) is 21.2. The van der Waals surface area contributed by atoms with Crippen LogP contribution in [0.4, 0.5) is 0 Å². The van der Waals surface area contributed by atoms with E-state index in [1.54, 1.807) is 0 Å². The van der Waals surface area contributed by atoms with E-state index in [2.05, 4.69) is 5.09 Å². The lowest BCUT2D eigenvalue weighted by Gasteiger charge is -2.25. The fourth-order valence-electron chi connectivity index (χ4n) is 3.03. The minimum absolute atomic E-state index is 0.225. The Balaban J connectivity index is 1.96. The van der Waals surface area contributed by atoms with Crippen LogP contribution in [0.2, 0.25) is 0 Å². The number of nitrogens with one attached hydrogen (secondary N) is 1. The predicted molar refractivity (Wildman–Crippen MR) is 119 cm³/mol. The molecule has 1 N–H and O–H groups in total. The standard InChI is InChI=1S/C24H28NO3P/c1-17-11-9-15-23(19(17)3)27-29(26,25-21(5)22-13-7-6-8-14-22)28-24-16-10-12-18(2)20(24)4/h6-16,21H,1-5H3,(H,25,26). The van der Waals surface area contributed by atoms with Gasteiger partial charge in [0.2, 0.25) is 0 Å². The van der Waals surface area contributed by atoms with Gasteiger partial charge in [-0.3, -0.25) is 0 Å². The van der Waals surface area contributed by atoms with Crippen molar-refractivity contribution in [3.8, 4) is 11.5 Å². The van der Waals surface area contributed by atoms with Crippen molar-refractivity contribution >= 4 is 7.75 Å². The number of hydrogen-bond acceptors (Lipinski definition) is 3. The third kappa shape index (κ3) is 5.09. The van der Waals surface area contributed by atoms with Crippen molar-refractivity contribution in [3.63, 3.8) is 0 Å². The Morgan fingerprint density at radius 3 is 1.69 bits per heavy atom. The van der Waals surface area contributed by atoms with Crippen molar-refractivity contribution in [2.75, 3.05) is 0 Å². The quantitative estimate of drug-likeness (QED) is 0.434. The highest BCUT2D eigenvalue weighted by molar-refractivity contribution is 7.52. The Hall–Kier alpha value is -2.55. The van der Waals surface area contributed by atoms with E-state index in [0.29, 0.717) is 11.5 Å². The molecular formula is C24H28NO3P. The van der Waals surface area contributed by atoms with E-state index in [1.165, 1.54) is 0 Å². The van der Waals surface area contributed by atoms with Gasteiger partial charge in [0.05, 0.1) is 0 Å². The molecular weight excluding hydrogens is 381 g/mol. The molecule has 0 aromatic heterocycles. The maximum atomic E-state index is 13.9. The fourth-order valence-corrected chi connectivity index (χ4v) is 4.71. The summed E-state index contributed by atoms with van der Waals surface area (Å²) in [5.41, 5.74) is 5.01. The first-order valence-corrected chi connectivity index (χ1v) is 11.3. The van der Waals surface area contributed by atoms with Gasteiger partial charge in [-0.1, -0.05) is 54.6 Å². The smallest absolute Gasteiger partial charge is 0.404 e. The normalized spacial score (nSPS) is 12.4. The first-order chi connectivity index (χ1) is 13.8. The van der Waals surface area contributed by atoms with Crippen molar-refractivity contribution in [1.82, 2.24) is 5.09 Å². The molecule has 1 atom stereocenters. The summed E-state index contributed by atoms with van der Waals surface area (Å²) in [5.74, 6) is 1.10. The van der Waals surface area contributed by atoms with Crippen molar-refractivity contribution < 1.29 is 13.6 Å². The highest BCUT2D eigenvalue weighted by Gasteiger charge is 2.32. The predicted octanol–water partition coefficient (Wildman–Crippen LogP) is 6.84. The van der Waals surface area contributed by atoms with Gasteiger partial charge in [0, 0.05) is 6.04 Å². The van der Waals surface area contributed by atoms with Gasteiger partial charge in [-0.15, -0.1) is 0 Å². The van der Waals surface area contributed by atoms with Gasteiger partial charge in [0.25, 0.3) is 0 Å². The van der Waals surface area contributed by atoms with Gasteiger partial charge in [0.15, 0.2) is 0 Å². The average molecular weight is 409 g/mol. The van der Waals surface area contributed by atoms with Crippen molar-refractivity contribution in [3.05, 3.63) is 94.5 Å². The largest absolute Gasteiger partial charge is 0.513 e. The lowest BCUT2D eigenvalue weighted by molar-refractivity contribution is 0.361. The SMILES string of the molecule is Cc1cccc(OP(=O)(NC(C)c2ccccc2)Oc2cccc(C)c2C)c1C. The number of aryl methyl sites for hydroxylation is 2. The van der Waals surface area contributed by atoms with Crippen LogP contribution in [0, 0.1) is 27.7 Å². The van der Waals surface area contributed by atoms with Crippen LogP contribution in [0.15, 0.2) is 66.7 Å². The Morgan fingerprint density at radius 2 is 1.21 bits per heavy atom. The molecule has 29 heavy (non-hydrogen) atoms. The molecule has 0 fully saturated rings. The molecule has 0 spiro atoms. The number of benzene rings is 3. The molecule has 0 radical (unpaired) electrons. The lowest BCUT2D eigenvalue weighted by atomic mass is 10.1. The molecule has 0 amide bonds. The van der Waals surface area contributed by atoms with E-state index in [0.717, 1.165) is 27.8 Å². The molecule has 0 bridgehead atoms. The second kappa shape index (κ2) is 8.86. The van der Waals surface area contributed by atoms with Crippen LogP contribution in [-0.2, 0) is 4.57 Å². The lowest BCUT2D eigenvalue weighted by Crippen LogP contribution is -2.22. The molecule has 5 heteroatoms. The van der Waals surface area contributed by atoms with E-state index in [1.807, 2.05) is 101 Å². The zero-order chi connectivity index (χ0) is 21.0. The third-order valence-electron chi connectivity index (χ3n) is 5.20. The summed E-state index contributed by atoms with van der Waals surface area (Å²) in [7, 11) is -3.73. The fraction of sp³-hybridized carbons (Fsp3) is 0.250. The van der Waals surface area contributed by atoms with Crippen LogP contribution < -0.4 is 14.1 Å².